The van der Waals surface area contributed by atoms with Crippen molar-refractivity contribution >= 4 is 70.0 Å². The van der Waals surface area contributed by atoms with Crippen LogP contribution in [0.15, 0.2) is 65.8 Å². The highest BCUT2D eigenvalue weighted by Crippen LogP contribution is 2.20. The van der Waals surface area contributed by atoms with E-state index in [2.05, 4.69) is 52.5 Å². The molecule has 1 fully saturated rings. The number of aromatic nitrogens is 1. The molecule has 0 aliphatic carbocycles. The van der Waals surface area contributed by atoms with Crippen LogP contribution in [0.2, 0.25) is 0 Å². The van der Waals surface area contributed by atoms with Crippen LogP contribution in [0.4, 0.5) is 0 Å². The number of unbranched alkanes of at least 4 members (excludes halogenated alkanes) is 1. The van der Waals surface area contributed by atoms with Gasteiger partial charge in [-0.25, -0.2) is 0 Å². The van der Waals surface area contributed by atoms with Crippen LogP contribution in [-0.2, 0) is 56.0 Å². The van der Waals surface area contributed by atoms with Gasteiger partial charge >= 0.3 is 0 Å². The van der Waals surface area contributed by atoms with E-state index in [1.165, 1.54) is 6.92 Å². The van der Waals surface area contributed by atoms with Gasteiger partial charge in [-0.3, -0.25) is 48.1 Å². The minimum Gasteiger partial charge on any atom is -0.370 e. The van der Waals surface area contributed by atoms with Gasteiger partial charge in [0.1, 0.15) is 42.3 Å². The first kappa shape index (κ1) is 57.1. The second-order valence-electron chi connectivity index (χ2n) is 18.4. The number of primary amides is 1. The van der Waals surface area contributed by atoms with Gasteiger partial charge in [-0.1, -0.05) is 82.1 Å². The predicted molar refractivity (Wildman–Crippen MR) is 271 cm³/mol. The minimum absolute atomic E-state index is 0.0265. The van der Waals surface area contributed by atoms with E-state index in [0.29, 0.717) is 30.4 Å². The summed E-state index contributed by atoms with van der Waals surface area (Å²) in [6, 6.07) is 7.42. The van der Waals surface area contributed by atoms with Crippen molar-refractivity contribution in [3.63, 3.8) is 0 Å². The Hall–Kier alpha value is -7.52. The van der Waals surface area contributed by atoms with Crippen molar-refractivity contribution in [3.8, 4) is 0 Å². The van der Waals surface area contributed by atoms with E-state index in [4.69, 9.17) is 17.2 Å². The molecule has 22 nitrogen and oxygen atoms in total. The molecule has 15 N–H and O–H groups in total. The minimum atomic E-state index is -1.35. The fourth-order valence-electron chi connectivity index (χ4n) is 8.24. The molecule has 22 heteroatoms. The number of aliphatic imine (C=N–C) groups is 1. The number of H-pyrrole nitrogens is 1. The fourth-order valence-corrected chi connectivity index (χ4v) is 8.24. The highest BCUT2D eigenvalue weighted by molar-refractivity contribution is 5.98. The summed E-state index contributed by atoms with van der Waals surface area (Å²) in [5.74, 6) is -7.00. The van der Waals surface area contributed by atoms with Crippen LogP contribution in [0, 0.1) is 5.92 Å². The van der Waals surface area contributed by atoms with E-state index in [0.717, 1.165) is 17.3 Å². The van der Waals surface area contributed by atoms with Crippen LogP contribution >= 0.6 is 0 Å². The van der Waals surface area contributed by atoms with E-state index in [1.54, 1.807) is 50.4 Å². The first-order valence-corrected chi connectivity index (χ1v) is 24.7. The molecule has 4 rings (SSSR count). The number of nitrogens with zero attached hydrogens (tertiary/aromatic N) is 1. The first-order valence-electron chi connectivity index (χ1n) is 24.7. The molecule has 0 saturated carbocycles. The summed E-state index contributed by atoms with van der Waals surface area (Å²) in [6.45, 7) is 6.77. The van der Waals surface area contributed by atoms with Crippen LogP contribution in [0.3, 0.4) is 0 Å². The van der Waals surface area contributed by atoms with Gasteiger partial charge in [-0.05, 0) is 68.1 Å². The molecule has 1 aromatic heterocycles. The molecular formula is C50H73N13O9. The number of guanidine groups is 1. The van der Waals surface area contributed by atoms with E-state index < -0.39 is 101 Å². The molecule has 1 aliphatic heterocycles. The molecule has 9 amide bonds. The maximum atomic E-state index is 14.6. The van der Waals surface area contributed by atoms with Crippen LogP contribution in [0.25, 0.3) is 10.9 Å². The Bertz CT molecular complexity index is 2370. The average molecular weight is 1000 g/mol. The molecule has 1 aliphatic rings. The van der Waals surface area contributed by atoms with Gasteiger partial charge in [0.2, 0.25) is 53.2 Å². The van der Waals surface area contributed by atoms with Crippen LogP contribution in [0.5, 0.6) is 0 Å². The van der Waals surface area contributed by atoms with Crippen LogP contribution < -0.4 is 59.7 Å². The summed E-state index contributed by atoms with van der Waals surface area (Å²) in [4.78, 5) is 131. The van der Waals surface area contributed by atoms with Gasteiger partial charge in [0.15, 0.2) is 5.96 Å². The summed E-state index contributed by atoms with van der Waals surface area (Å²) in [5.41, 5.74) is 19.0. The van der Waals surface area contributed by atoms with Gasteiger partial charge in [0.05, 0.1) is 0 Å². The highest BCUT2D eigenvalue weighted by Gasteiger charge is 2.35. The third-order valence-corrected chi connectivity index (χ3v) is 12.2. The Labute approximate surface area is 419 Å². The monoisotopic (exact) mass is 1000 g/mol. The normalized spacial score (nSPS) is 21.8. The summed E-state index contributed by atoms with van der Waals surface area (Å²) in [7, 11) is 0. The summed E-state index contributed by atoms with van der Waals surface area (Å²) in [5, 5.41) is 22.6. The predicted octanol–water partition coefficient (Wildman–Crippen LogP) is -0.168. The Morgan fingerprint density at radius 3 is 2.08 bits per heavy atom. The van der Waals surface area contributed by atoms with Crippen molar-refractivity contribution in [1.29, 1.82) is 0 Å². The fraction of sp³-hybridized carbons (Fsp3) is 0.520. The smallest absolute Gasteiger partial charge is 0.243 e. The summed E-state index contributed by atoms with van der Waals surface area (Å²) < 4.78 is 0. The number of nitrogens with two attached hydrogens (primary N) is 3. The maximum Gasteiger partial charge on any atom is 0.243 e. The van der Waals surface area contributed by atoms with Crippen molar-refractivity contribution < 1.29 is 43.2 Å². The third kappa shape index (κ3) is 18.7. The number of hydrogen-bond donors (Lipinski definition) is 12. The molecule has 2 heterocycles. The lowest BCUT2D eigenvalue weighted by Gasteiger charge is -2.29. The zero-order chi connectivity index (χ0) is 52.7. The lowest BCUT2D eigenvalue weighted by Crippen LogP contribution is -2.61. The average Bonchev–Trinajstić information content (AvgIpc) is 3.74. The van der Waals surface area contributed by atoms with Gasteiger partial charge in [0, 0.05) is 56.4 Å². The number of rotatable bonds is 16. The Morgan fingerprint density at radius 1 is 0.750 bits per heavy atom. The van der Waals surface area contributed by atoms with E-state index in [9.17, 15) is 43.2 Å². The number of carbonyl (C=O) groups excluding carboxylic acids is 9. The third-order valence-electron chi connectivity index (χ3n) is 12.2. The maximum absolute atomic E-state index is 14.6. The number of carbonyl (C=O) groups is 9. The van der Waals surface area contributed by atoms with E-state index in [-0.39, 0.29) is 70.4 Å². The van der Waals surface area contributed by atoms with Crippen molar-refractivity contribution in [3.05, 3.63) is 71.9 Å². The van der Waals surface area contributed by atoms with E-state index >= 15 is 0 Å². The number of amides is 9. The molecule has 7 atom stereocenters. The van der Waals surface area contributed by atoms with Crippen molar-refractivity contribution in [1.82, 2.24) is 47.5 Å². The molecule has 0 spiro atoms. The molecule has 1 saturated heterocycles. The van der Waals surface area contributed by atoms with Crippen molar-refractivity contribution in [2.24, 2.45) is 28.1 Å². The Kier molecular flexibility index (Phi) is 23.0. The van der Waals surface area contributed by atoms with Crippen molar-refractivity contribution in [2.75, 3.05) is 13.1 Å². The number of fused-ring (bicyclic) bond motifs is 1. The topological polar surface area (TPSA) is 356 Å². The standard InChI is InChI=1S/C50H73N13O9/c1-5-6-18-36(57-30(4)64)44(67)60-38-22-23-41(65)54-24-13-12-20-35(43(51)66)58-48(71)40(27-32-28-56-34-19-11-10-17-33(32)34)61-45(68)37(21-14-25-55-50(52)53)59-47(70)39(26-31-15-8-7-9-16-31)62-49(72)42(29(2)3)63-46(38)69/h7-11,15-17,19,28-29,35-40,42,56H,5-6,12-14,18,20-27H2,1-4H3,(H2,51,66)(H,54,65)(H,57,64)(H,58,71)(H,59,70)(H,60,67)(H,61,68)(H,62,72)(H,63,69)(H4,52,53,55)/t35-,36-,37-,38-,39+,40-,42-/m0/s1. The Morgan fingerprint density at radius 2 is 1.40 bits per heavy atom. The largest absolute Gasteiger partial charge is 0.370 e. The SMILES string of the molecule is CCCC[C@H](NC(C)=O)C(=O)N[C@H]1CCC(=O)NCCCC[C@@H](C(N)=O)NC(=O)[C@H](Cc2c[nH]c3ccccc23)NC(=O)[C@H](CCCN=C(N)N)NC(=O)[C@@H](Cc2ccccc2)NC(=O)[C@H](C(C)C)NC1=O. The highest BCUT2D eigenvalue weighted by atomic mass is 16.2. The zero-order valence-electron chi connectivity index (χ0n) is 41.6. The first-order chi connectivity index (χ1) is 34.4. The van der Waals surface area contributed by atoms with Gasteiger partial charge in [-0.15, -0.1) is 0 Å². The molecule has 0 bridgehead atoms. The number of hydrogen-bond acceptors (Lipinski definition) is 10. The van der Waals surface area contributed by atoms with E-state index in [1.807, 2.05) is 31.2 Å². The Balaban J connectivity index is 1.75. The van der Waals surface area contributed by atoms with Crippen LogP contribution in [0.1, 0.15) is 103 Å². The second-order valence-corrected chi connectivity index (χ2v) is 18.4. The van der Waals surface area contributed by atoms with Gasteiger partial charge in [-0.2, -0.15) is 0 Å². The lowest BCUT2D eigenvalue weighted by atomic mass is 9.99. The van der Waals surface area contributed by atoms with Crippen LogP contribution in [-0.4, -0.2) is 119 Å². The zero-order valence-corrected chi connectivity index (χ0v) is 41.6. The molecule has 72 heavy (non-hydrogen) atoms. The number of benzene rings is 2. The number of nitrogens with one attached hydrogen (secondary N) is 9. The number of aromatic amines is 1. The summed E-state index contributed by atoms with van der Waals surface area (Å²) >= 11 is 0. The van der Waals surface area contributed by atoms with Gasteiger partial charge in [0.25, 0.3) is 0 Å². The second kappa shape index (κ2) is 29.0. The number of para-hydroxylation sites is 1. The molecule has 392 valence electrons. The molecule has 3 aromatic rings. The molecule has 2 aromatic carbocycles. The van der Waals surface area contributed by atoms with Gasteiger partial charge < -0.3 is 64.7 Å². The van der Waals surface area contributed by atoms with Crippen molar-refractivity contribution in [2.45, 2.75) is 147 Å². The molecule has 0 radical (unpaired) electrons. The summed E-state index contributed by atoms with van der Waals surface area (Å²) in [6.07, 6.45) is 3.71. The quantitative estimate of drug-likeness (QED) is 0.0508. The molecule has 0 unspecified atom stereocenters. The lowest BCUT2D eigenvalue weighted by molar-refractivity contribution is -0.136. The molecular weight excluding hydrogens is 927 g/mol.